The van der Waals surface area contributed by atoms with Crippen LogP contribution in [0.1, 0.15) is 38.5 Å². The molecule has 2 aliphatic rings. The van der Waals surface area contributed by atoms with E-state index in [1.165, 1.54) is 12.8 Å². The van der Waals surface area contributed by atoms with Crippen LogP contribution < -0.4 is 5.73 Å². The molecule has 0 aromatic carbocycles. The summed E-state index contributed by atoms with van der Waals surface area (Å²) in [4.78, 5) is 0. The molecule has 0 aromatic rings. The Kier molecular flexibility index (Phi) is 2.63. The summed E-state index contributed by atoms with van der Waals surface area (Å²) >= 11 is 0. The molecule has 1 saturated heterocycles. The minimum atomic E-state index is 0.0538. The monoisotopic (exact) mass is 198 g/mol. The third-order valence-corrected chi connectivity index (χ3v) is 3.54. The first-order chi connectivity index (χ1) is 6.76. The average Bonchev–Trinajstić information content (AvgIpc) is 2.65. The van der Waals surface area contributed by atoms with E-state index >= 15 is 0 Å². The Morgan fingerprint density at radius 1 is 1.43 bits per heavy atom. The molecule has 3 N–H and O–H groups in total. The Labute approximate surface area is 84.1 Å². The molecular formula is C10H18N2O2. The number of ether oxygens (including phenoxy) is 1. The smallest absolute Gasteiger partial charge is 0.142 e. The molecular weight excluding hydrogens is 180 g/mol. The number of hydrogen-bond acceptors (Lipinski definition) is 3. The lowest BCUT2D eigenvalue weighted by Gasteiger charge is -2.37. The van der Waals surface area contributed by atoms with E-state index in [9.17, 15) is 0 Å². The molecule has 0 amide bonds. The molecule has 0 radical (unpaired) electrons. The van der Waals surface area contributed by atoms with Gasteiger partial charge in [-0.15, -0.1) is 0 Å². The fourth-order valence-electron chi connectivity index (χ4n) is 2.73. The second-order valence-corrected chi connectivity index (χ2v) is 4.45. The van der Waals surface area contributed by atoms with Gasteiger partial charge in [-0.1, -0.05) is 18.0 Å². The lowest BCUT2D eigenvalue weighted by atomic mass is 9.84. The van der Waals surface area contributed by atoms with E-state index < -0.39 is 0 Å². The Morgan fingerprint density at radius 2 is 2.14 bits per heavy atom. The summed E-state index contributed by atoms with van der Waals surface area (Å²) < 4.78 is 5.86. The van der Waals surface area contributed by atoms with E-state index in [4.69, 9.17) is 15.7 Å². The highest BCUT2D eigenvalue weighted by atomic mass is 16.5. The van der Waals surface area contributed by atoms with Crippen LogP contribution in [0.2, 0.25) is 0 Å². The number of nitrogens with two attached hydrogens (primary N) is 1. The van der Waals surface area contributed by atoms with Crippen molar-refractivity contribution in [3.8, 4) is 0 Å². The summed E-state index contributed by atoms with van der Waals surface area (Å²) in [6.45, 7) is 0.751. The van der Waals surface area contributed by atoms with E-state index in [2.05, 4.69) is 5.16 Å². The fourth-order valence-corrected chi connectivity index (χ4v) is 2.73. The quantitative estimate of drug-likeness (QED) is 0.290. The van der Waals surface area contributed by atoms with Crippen LogP contribution in [0.5, 0.6) is 0 Å². The number of oxime groups is 1. The van der Waals surface area contributed by atoms with E-state index in [0.717, 1.165) is 32.3 Å². The third-order valence-electron chi connectivity index (χ3n) is 3.54. The van der Waals surface area contributed by atoms with Gasteiger partial charge in [-0.25, -0.2) is 0 Å². The molecule has 0 aromatic heterocycles. The Balaban J connectivity index is 2.03. The van der Waals surface area contributed by atoms with Gasteiger partial charge in [0.2, 0.25) is 0 Å². The molecule has 1 saturated carbocycles. The zero-order chi connectivity index (χ0) is 10.0. The second-order valence-electron chi connectivity index (χ2n) is 4.45. The van der Waals surface area contributed by atoms with Crippen LogP contribution in [0.4, 0.5) is 0 Å². The van der Waals surface area contributed by atoms with Gasteiger partial charge in [0.15, 0.2) is 0 Å². The highest BCUT2D eigenvalue weighted by Gasteiger charge is 2.40. The molecule has 1 atom stereocenters. The van der Waals surface area contributed by atoms with Crippen LogP contribution in [0, 0.1) is 5.92 Å². The summed E-state index contributed by atoms with van der Waals surface area (Å²) in [6, 6.07) is 0. The predicted molar refractivity (Wildman–Crippen MR) is 53.3 cm³/mol. The highest BCUT2D eigenvalue weighted by Crippen LogP contribution is 2.41. The summed E-state index contributed by atoms with van der Waals surface area (Å²) in [5.41, 5.74) is 5.70. The van der Waals surface area contributed by atoms with Crippen molar-refractivity contribution in [1.29, 1.82) is 0 Å². The van der Waals surface area contributed by atoms with Crippen LogP contribution in [0.15, 0.2) is 5.16 Å². The lowest BCUT2D eigenvalue weighted by Crippen LogP contribution is -2.41. The zero-order valence-corrected chi connectivity index (χ0v) is 8.41. The molecule has 1 heterocycles. The Morgan fingerprint density at radius 3 is 2.79 bits per heavy atom. The molecule has 1 aliphatic heterocycles. The van der Waals surface area contributed by atoms with Gasteiger partial charge in [-0.2, -0.15) is 0 Å². The minimum Gasteiger partial charge on any atom is -0.409 e. The Bertz CT molecular complexity index is 234. The van der Waals surface area contributed by atoms with Crippen molar-refractivity contribution in [1.82, 2.24) is 0 Å². The largest absolute Gasteiger partial charge is 0.409 e. The van der Waals surface area contributed by atoms with E-state index in [1.54, 1.807) is 0 Å². The fraction of sp³-hybridized carbons (Fsp3) is 0.900. The molecule has 1 aliphatic carbocycles. The van der Waals surface area contributed by atoms with Gasteiger partial charge in [0.1, 0.15) is 5.84 Å². The van der Waals surface area contributed by atoms with E-state index in [0.29, 0.717) is 5.84 Å². The van der Waals surface area contributed by atoms with Crippen LogP contribution in [0.3, 0.4) is 0 Å². The lowest BCUT2D eigenvalue weighted by molar-refractivity contribution is -0.0829. The van der Waals surface area contributed by atoms with Gasteiger partial charge >= 0.3 is 0 Å². The van der Waals surface area contributed by atoms with Crippen LogP contribution in [0.25, 0.3) is 0 Å². The van der Waals surface area contributed by atoms with Gasteiger partial charge < -0.3 is 15.7 Å². The first-order valence-electron chi connectivity index (χ1n) is 5.37. The highest BCUT2D eigenvalue weighted by molar-refractivity contribution is 5.82. The van der Waals surface area contributed by atoms with Crippen molar-refractivity contribution in [2.75, 3.05) is 6.61 Å². The first kappa shape index (κ1) is 9.77. The second kappa shape index (κ2) is 3.77. The summed E-state index contributed by atoms with van der Waals surface area (Å²) in [5.74, 6) is 0.589. The normalized spacial score (nSPS) is 32.3. The number of nitrogens with zero attached hydrogens (tertiary/aromatic N) is 1. The van der Waals surface area contributed by atoms with Crippen molar-refractivity contribution in [2.45, 2.75) is 44.1 Å². The molecule has 80 valence electrons. The van der Waals surface area contributed by atoms with Crippen molar-refractivity contribution in [3.05, 3.63) is 0 Å². The van der Waals surface area contributed by atoms with Gasteiger partial charge in [-0.3, -0.25) is 0 Å². The van der Waals surface area contributed by atoms with Gasteiger partial charge in [0, 0.05) is 12.5 Å². The maximum absolute atomic E-state index is 8.64. The SMILES string of the molecule is NC(=NO)C1CCOC2(CCCC2)C1. The summed E-state index contributed by atoms with van der Waals surface area (Å²) in [7, 11) is 0. The minimum absolute atomic E-state index is 0.0538. The van der Waals surface area contributed by atoms with Crippen LogP contribution in [-0.2, 0) is 4.74 Å². The van der Waals surface area contributed by atoms with Crippen molar-refractivity contribution >= 4 is 5.84 Å². The van der Waals surface area contributed by atoms with Crippen molar-refractivity contribution in [2.24, 2.45) is 16.8 Å². The maximum atomic E-state index is 8.64. The predicted octanol–water partition coefficient (Wildman–Crippen LogP) is 1.47. The number of amidine groups is 1. The van der Waals surface area contributed by atoms with Gasteiger partial charge in [0.25, 0.3) is 0 Å². The van der Waals surface area contributed by atoms with Crippen molar-refractivity contribution in [3.63, 3.8) is 0 Å². The third kappa shape index (κ3) is 1.71. The zero-order valence-electron chi connectivity index (χ0n) is 8.41. The van der Waals surface area contributed by atoms with Gasteiger partial charge in [0.05, 0.1) is 5.60 Å². The van der Waals surface area contributed by atoms with Crippen LogP contribution >= 0.6 is 0 Å². The molecule has 1 spiro atoms. The number of hydrogen-bond donors (Lipinski definition) is 2. The standard InChI is InChI=1S/C10H18N2O2/c11-9(12-13)8-3-6-14-10(7-8)4-1-2-5-10/h8,13H,1-7H2,(H2,11,12). The topological polar surface area (TPSA) is 67.8 Å². The van der Waals surface area contributed by atoms with Crippen LogP contribution in [-0.4, -0.2) is 23.3 Å². The molecule has 0 bridgehead atoms. The molecule has 2 rings (SSSR count). The summed E-state index contributed by atoms with van der Waals surface area (Å²) in [5, 5.41) is 11.7. The van der Waals surface area contributed by atoms with E-state index in [1.807, 2.05) is 0 Å². The molecule has 4 heteroatoms. The van der Waals surface area contributed by atoms with Crippen molar-refractivity contribution < 1.29 is 9.94 Å². The number of rotatable bonds is 1. The first-order valence-corrected chi connectivity index (χ1v) is 5.37. The molecule has 1 unspecified atom stereocenters. The molecule has 4 nitrogen and oxygen atoms in total. The Hall–Kier alpha value is -0.770. The summed E-state index contributed by atoms with van der Waals surface area (Å²) in [6.07, 6.45) is 6.61. The maximum Gasteiger partial charge on any atom is 0.142 e. The molecule has 2 fully saturated rings. The van der Waals surface area contributed by atoms with Gasteiger partial charge in [-0.05, 0) is 25.7 Å². The van der Waals surface area contributed by atoms with E-state index in [-0.39, 0.29) is 11.5 Å². The average molecular weight is 198 g/mol. The molecule has 14 heavy (non-hydrogen) atoms.